The number of H-pyrrole nitrogens is 1. The predicted octanol–water partition coefficient (Wildman–Crippen LogP) is 4.29. The number of benzene rings is 2. The van der Waals surface area contributed by atoms with Gasteiger partial charge in [0.1, 0.15) is 12.4 Å². The van der Waals surface area contributed by atoms with Crippen LogP contribution in [0.2, 0.25) is 0 Å². The molecule has 26 heavy (non-hydrogen) atoms. The molecule has 0 atom stereocenters. The van der Waals surface area contributed by atoms with Gasteiger partial charge in [-0.3, -0.25) is 14.5 Å². The Bertz CT molecular complexity index is 1160. The summed E-state index contributed by atoms with van der Waals surface area (Å²) in [5.41, 5.74) is 0.912. The molecule has 0 aliphatic heterocycles. The number of nitrogens with zero attached hydrogens (tertiary/aromatic N) is 3. The Balaban J connectivity index is 1.59. The average Bonchev–Trinajstić information content (AvgIpc) is 3.20. The van der Waals surface area contributed by atoms with Crippen LogP contribution in [-0.4, -0.2) is 25.7 Å². The first kappa shape index (κ1) is 16.9. The van der Waals surface area contributed by atoms with Gasteiger partial charge >= 0.3 is 0 Å². The first-order valence-corrected chi connectivity index (χ1v) is 9.60. The fraction of sp³-hybridized carbons (Fsp3) is 0.222. The quantitative estimate of drug-likeness (QED) is 0.504. The number of aromatic amines is 1. The number of aryl methyl sites for hydroxylation is 1. The summed E-state index contributed by atoms with van der Waals surface area (Å²) in [6, 6.07) is 12.2. The fourth-order valence-corrected chi connectivity index (χ4v) is 4.06. The maximum Gasteiger partial charge on any atom is 0.246 e. The standard InChI is InChI=1S/C18H17N5OS2/c1-2-5-14-21-22-18(25)23(14)10-15(24)19-17-20-16-12-7-4-3-6-11(12)8-9-13(16)26-17/h3-4,6-9H,2,5,10H2,1H3,(H,22,25)(H,19,20,24). The minimum atomic E-state index is -0.164. The smallest absolute Gasteiger partial charge is 0.246 e. The molecule has 6 nitrogen and oxygen atoms in total. The Kier molecular flexibility index (Phi) is 4.52. The van der Waals surface area contributed by atoms with Gasteiger partial charge in [0.25, 0.3) is 0 Å². The highest BCUT2D eigenvalue weighted by Gasteiger charge is 2.13. The van der Waals surface area contributed by atoms with Crippen LogP contribution in [0, 0.1) is 4.77 Å². The first-order valence-electron chi connectivity index (χ1n) is 8.38. The number of hydrogen-bond acceptors (Lipinski definition) is 5. The van der Waals surface area contributed by atoms with E-state index in [0.717, 1.165) is 39.7 Å². The zero-order valence-corrected chi connectivity index (χ0v) is 15.8. The molecule has 0 saturated heterocycles. The molecule has 0 unspecified atom stereocenters. The van der Waals surface area contributed by atoms with E-state index in [2.05, 4.69) is 39.6 Å². The van der Waals surface area contributed by atoms with Crippen molar-refractivity contribution >= 4 is 55.6 Å². The topological polar surface area (TPSA) is 75.6 Å². The zero-order chi connectivity index (χ0) is 18.1. The third-order valence-electron chi connectivity index (χ3n) is 4.14. The molecule has 0 radical (unpaired) electrons. The first-order chi connectivity index (χ1) is 12.7. The summed E-state index contributed by atoms with van der Waals surface area (Å²) in [5, 5.41) is 12.6. The van der Waals surface area contributed by atoms with E-state index in [1.807, 2.05) is 24.3 Å². The molecule has 2 aromatic carbocycles. The molecule has 2 aromatic heterocycles. The fourth-order valence-electron chi connectivity index (χ4n) is 2.94. The molecule has 0 aliphatic rings. The van der Waals surface area contributed by atoms with E-state index in [9.17, 15) is 4.79 Å². The highest BCUT2D eigenvalue weighted by Crippen LogP contribution is 2.31. The van der Waals surface area contributed by atoms with Gasteiger partial charge in [0.2, 0.25) is 5.91 Å². The van der Waals surface area contributed by atoms with Crippen LogP contribution in [-0.2, 0) is 17.8 Å². The van der Waals surface area contributed by atoms with Crippen molar-refractivity contribution in [1.29, 1.82) is 0 Å². The van der Waals surface area contributed by atoms with Crippen LogP contribution in [0.5, 0.6) is 0 Å². The van der Waals surface area contributed by atoms with Crippen LogP contribution in [0.3, 0.4) is 0 Å². The summed E-state index contributed by atoms with van der Waals surface area (Å²) in [5.74, 6) is 0.631. The molecule has 132 valence electrons. The highest BCUT2D eigenvalue weighted by molar-refractivity contribution is 7.71. The monoisotopic (exact) mass is 383 g/mol. The summed E-state index contributed by atoms with van der Waals surface area (Å²) < 4.78 is 3.24. The third kappa shape index (κ3) is 3.13. The van der Waals surface area contributed by atoms with Gasteiger partial charge in [0.15, 0.2) is 9.90 Å². The molecule has 1 amide bonds. The van der Waals surface area contributed by atoms with E-state index >= 15 is 0 Å². The molecule has 0 fully saturated rings. The number of carbonyl (C=O) groups is 1. The lowest BCUT2D eigenvalue weighted by Crippen LogP contribution is -2.20. The number of carbonyl (C=O) groups excluding carboxylic acids is 1. The van der Waals surface area contributed by atoms with Crippen LogP contribution in [0.15, 0.2) is 36.4 Å². The van der Waals surface area contributed by atoms with Crippen molar-refractivity contribution < 1.29 is 4.79 Å². The van der Waals surface area contributed by atoms with E-state index in [1.165, 1.54) is 11.3 Å². The number of aromatic nitrogens is 4. The average molecular weight is 384 g/mol. The lowest BCUT2D eigenvalue weighted by molar-refractivity contribution is -0.116. The summed E-state index contributed by atoms with van der Waals surface area (Å²) in [7, 11) is 0. The van der Waals surface area contributed by atoms with Crippen molar-refractivity contribution in [2.75, 3.05) is 5.32 Å². The van der Waals surface area contributed by atoms with Gasteiger partial charge < -0.3 is 5.32 Å². The number of fused-ring (bicyclic) bond motifs is 3. The Hall–Kier alpha value is -2.58. The van der Waals surface area contributed by atoms with Gasteiger partial charge in [0, 0.05) is 11.8 Å². The summed E-state index contributed by atoms with van der Waals surface area (Å²) >= 11 is 6.70. The van der Waals surface area contributed by atoms with Crippen molar-refractivity contribution in [3.8, 4) is 0 Å². The maximum atomic E-state index is 12.5. The van der Waals surface area contributed by atoms with Crippen molar-refractivity contribution in [2.24, 2.45) is 0 Å². The molecular formula is C18H17N5OS2. The lowest BCUT2D eigenvalue weighted by atomic mass is 10.1. The number of nitrogens with one attached hydrogen (secondary N) is 2. The maximum absolute atomic E-state index is 12.5. The van der Waals surface area contributed by atoms with E-state index in [0.29, 0.717) is 9.90 Å². The Labute approximate surface area is 158 Å². The molecule has 2 heterocycles. The van der Waals surface area contributed by atoms with Gasteiger partial charge in [-0.15, -0.1) is 0 Å². The zero-order valence-electron chi connectivity index (χ0n) is 14.2. The normalized spacial score (nSPS) is 11.3. The van der Waals surface area contributed by atoms with Crippen molar-refractivity contribution in [3.63, 3.8) is 0 Å². The molecule has 0 spiro atoms. The number of hydrogen-bond donors (Lipinski definition) is 2. The molecule has 4 rings (SSSR count). The molecule has 4 aromatic rings. The van der Waals surface area contributed by atoms with Crippen LogP contribution >= 0.6 is 23.6 Å². The molecule has 0 saturated carbocycles. The second-order valence-electron chi connectivity index (χ2n) is 5.98. The van der Waals surface area contributed by atoms with Crippen LogP contribution in [0.1, 0.15) is 19.2 Å². The third-order valence-corrected chi connectivity index (χ3v) is 5.39. The van der Waals surface area contributed by atoms with E-state index in [-0.39, 0.29) is 12.5 Å². The number of amides is 1. The van der Waals surface area contributed by atoms with Gasteiger partial charge in [-0.05, 0) is 30.1 Å². The molecule has 0 aliphatic carbocycles. The lowest BCUT2D eigenvalue weighted by Gasteiger charge is -2.05. The van der Waals surface area contributed by atoms with E-state index in [1.54, 1.807) is 4.57 Å². The number of thiazole rings is 1. The predicted molar refractivity (Wildman–Crippen MR) is 107 cm³/mol. The van der Waals surface area contributed by atoms with Gasteiger partial charge in [-0.2, -0.15) is 5.10 Å². The molecular weight excluding hydrogens is 366 g/mol. The second kappa shape index (κ2) is 6.97. The Morgan fingerprint density at radius 2 is 2.15 bits per heavy atom. The van der Waals surface area contributed by atoms with Gasteiger partial charge in [-0.1, -0.05) is 48.6 Å². The van der Waals surface area contributed by atoms with Crippen molar-refractivity contribution in [2.45, 2.75) is 26.3 Å². The molecule has 2 N–H and O–H groups in total. The minimum Gasteiger partial charge on any atom is -0.300 e. The summed E-state index contributed by atoms with van der Waals surface area (Å²) in [6.45, 7) is 2.19. The Morgan fingerprint density at radius 3 is 3.00 bits per heavy atom. The Morgan fingerprint density at radius 1 is 1.31 bits per heavy atom. The van der Waals surface area contributed by atoms with Crippen LogP contribution < -0.4 is 5.32 Å². The van der Waals surface area contributed by atoms with E-state index in [4.69, 9.17) is 12.2 Å². The van der Waals surface area contributed by atoms with Crippen LogP contribution in [0.25, 0.3) is 21.0 Å². The molecule has 0 bridgehead atoms. The second-order valence-corrected chi connectivity index (χ2v) is 7.40. The van der Waals surface area contributed by atoms with E-state index < -0.39 is 0 Å². The van der Waals surface area contributed by atoms with Crippen molar-refractivity contribution in [3.05, 3.63) is 47.0 Å². The SMILES string of the molecule is CCCc1n[nH]c(=S)n1CC(=O)Nc1nc2c(ccc3ccccc32)s1. The van der Waals surface area contributed by atoms with Crippen LogP contribution in [0.4, 0.5) is 5.13 Å². The van der Waals surface area contributed by atoms with Gasteiger partial charge in [-0.25, -0.2) is 4.98 Å². The highest BCUT2D eigenvalue weighted by atomic mass is 32.1. The molecule has 8 heteroatoms. The van der Waals surface area contributed by atoms with Crippen molar-refractivity contribution in [1.82, 2.24) is 19.7 Å². The summed E-state index contributed by atoms with van der Waals surface area (Å²) in [6.07, 6.45) is 1.71. The summed E-state index contributed by atoms with van der Waals surface area (Å²) in [4.78, 5) is 17.1. The van der Waals surface area contributed by atoms with Gasteiger partial charge in [0.05, 0.1) is 10.2 Å². The number of rotatable bonds is 5. The largest absolute Gasteiger partial charge is 0.300 e. The number of anilines is 1. The minimum absolute atomic E-state index is 0.126.